The van der Waals surface area contributed by atoms with Crippen LogP contribution in [0.15, 0.2) is 150 Å². The van der Waals surface area contributed by atoms with E-state index in [9.17, 15) is 0 Å². The van der Waals surface area contributed by atoms with Gasteiger partial charge in [0.25, 0.3) is 0 Å². The lowest BCUT2D eigenvalue weighted by molar-refractivity contribution is -0.107. The van der Waals surface area contributed by atoms with Gasteiger partial charge in [-0.25, -0.2) is 0 Å². The van der Waals surface area contributed by atoms with Gasteiger partial charge in [-0.05, 0) is 86.8 Å². The highest BCUT2D eigenvalue weighted by Gasteiger charge is 2.32. The normalized spacial score (nSPS) is 11.7. The molecule has 1 aromatic heterocycles. The predicted molar refractivity (Wildman–Crippen MR) is 197 cm³/mol. The molecule has 0 atom stereocenters. The molecule has 0 amide bonds. The number of aliphatic hydroxyl groups is 2. The molecule has 2 radical (unpaired) electrons. The minimum Gasteiger partial charge on any atom is -0.455 e. The summed E-state index contributed by atoms with van der Waals surface area (Å²) in [5.74, 6) is 0. The maximum absolute atomic E-state index is 9.10. The Hall–Kier alpha value is -5.10. The Morgan fingerprint density at radius 3 is 1.53 bits per heavy atom. The first-order valence-electron chi connectivity index (χ1n) is 15.8. The van der Waals surface area contributed by atoms with Crippen LogP contribution < -0.4 is 10.4 Å². The minimum atomic E-state index is -1.01. The number of para-hydroxylation sites is 2. The first-order chi connectivity index (χ1) is 22.5. The zero-order valence-corrected chi connectivity index (χ0v) is 27.2. The maximum atomic E-state index is 9.10. The second-order valence-electron chi connectivity index (χ2n) is 12.8. The third-order valence-electron chi connectivity index (χ3n) is 8.72. The van der Waals surface area contributed by atoms with Gasteiger partial charge >= 0.3 is 0 Å². The molecule has 0 aliphatic carbocycles. The van der Waals surface area contributed by atoms with Gasteiger partial charge in [-0.15, -0.1) is 0 Å². The highest BCUT2D eigenvalue weighted by molar-refractivity contribution is 6.32. The lowest BCUT2D eigenvalue weighted by Crippen LogP contribution is -2.44. The van der Waals surface area contributed by atoms with Crippen LogP contribution in [-0.2, 0) is 0 Å². The molecule has 1 heterocycles. The fourth-order valence-corrected chi connectivity index (χ4v) is 5.27. The van der Waals surface area contributed by atoms with Gasteiger partial charge in [-0.1, -0.05) is 109 Å². The topological polar surface area (TPSA) is 56.8 Å². The number of anilines is 3. The lowest BCUT2D eigenvalue weighted by Gasteiger charge is -2.31. The fraction of sp³-hybridized carbons (Fsp3) is 0.143. The summed E-state index contributed by atoms with van der Waals surface area (Å²) < 4.78 is 6.29. The second kappa shape index (κ2) is 13.0. The highest BCUT2D eigenvalue weighted by Crippen LogP contribution is 2.39. The summed E-state index contributed by atoms with van der Waals surface area (Å²) in [5.41, 5.74) is 8.32. The van der Waals surface area contributed by atoms with Crippen LogP contribution in [0.2, 0.25) is 0 Å². The molecular weight excluding hydrogens is 577 g/mol. The fourth-order valence-electron chi connectivity index (χ4n) is 5.27. The number of nitrogens with zero attached hydrogens (tertiary/aromatic N) is 1. The molecule has 2 N–H and O–H groups in total. The van der Waals surface area contributed by atoms with E-state index < -0.39 is 11.2 Å². The van der Waals surface area contributed by atoms with E-state index in [1.165, 1.54) is 11.1 Å². The number of rotatable bonds is 6. The Labute approximate surface area is 278 Å². The Bertz CT molecular complexity index is 2070. The van der Waals surface area contributed by atoms with Gasteiger partial charge in [0.05, 0.1) is 11.2 Å². The third kappa shape index (κ3) is 6.87. The van der Waals surface area contributed by atoms with Crippen molar-refractivity contribution < 1.29 is 14.6 Å². The first-order valence-corrected chi connectivity index (χ1v) is 15.8. The van der Waals surface area contributed by atoms with Crippen molar-refractivity contribution in [2.75, 3.05) is 4.90 Å². The molecule has 0 unspecified atom stereocenters. The van der Waals surface area contributed by atoms with Crippen molar-refractivity contribution in [1.29, 1.82) is 0 Å². The Morgan fingerprint density at radius 2 is 0.957 bits per heavy atom. The first kappa shape index (κ1) is 31.9. The molecule has 5 heteroatoms. The number of hydrogen-bond donors (Lipinski definition) is 2. The van der Waals surface area contributed by atoms with Crippen molar-refractivity contribution >= 4 is 52.3 Å². The largest absolute Gasteiger partial charge is 0.455 e. The molecule has 4 nitrogen and oxygen atoms in total. The van der Waals surface area contributed by atoms with E-state index in [1.807, 2.05) is 30.3 Å². The van der Waals surface area contributed by atoms with Crippen LogP contribution in [-0.4, -0.2) is 29.3 Å². The average molecular weight is 616 g/mol. The SMILES string of the molecule is CC(C)(O)C(C)(C)O.[B]c1ccc(N(c2ccc(-c3ccccc3)cc2)c2ccc(-c3cccc4c3oc3ccccc34)cc2)cc1. The van der Waals surface area contributed by atoms with E-state index >= 15 is 0 Å². The second-order valence-corrected chi connectivity index (χ2v) is 12.8. The summed E-state index contributed by atoms with van der Waals surface area (Å²) in [4.78, 5) is 2.25. The monoisotopic (exact) mass is 615 g/mol. The van der Waals surface area contributed by atoms with Crippen molar-refractivity contribution in [2.24, 2.45) is 0 Å². The summed E-state index contributed by atoms with van der Waals surface area (Å²) in [6, 6.07) is 50.3. The van der Waals surface area contributed by atoms with Gasteiger partial charge < -0.3 is 19.5 Å². The standard InChI is InChI=1S/C36H24BNO.C6H14O2/c37-28-17-23-31(24-18-28)38(29-19-13-26(14-20-29)25-7-2-1-3-8-25)30-21-15-27(16-22-30)32-10-6-11-34-33-9-4-5-12-35(33)39-36(32)34;1-5(2,7)6(3,4)8/h1-24H;7-8H,1-4H3. The van der Waals surface area contributed by atoms with Crippen LogP contribution in [0.3, 0.4) is 0 Å². The van der Waals surface area contributed by atoms with Crippen LogP contribution in [0.5, 0.6) is 0 Å². The molecule has 7 rings (SSSR count). The molecule has 232 valence electrons. The smallest absolute Gasteiger partial charge is 0.143 e. The van der Waals surface area contributed by atoms with Crippen molar-refractivity contribution in [3.63, 3.8) is 0 Å². The van der Waals surface area contributed by atoms with E-state index in [-0.39, 0.29) is 0 Å². The van der Waals surface area contributed by atoms with E-state index in [1.54, 1.807) is 27.7 Å². The quantitative estimate of drug-likeness (QED) is 0.183. The summed E-state index contributed by atoms with van der Waals surface area (Å²) in [6.07, 6.45) is 0. The minimum absolute atomic E-state index is 0.743. The Kier molecular flexibility index (Phi) is 8.79. The molecule has 0 aliphatic rings. The molecule has 0 saturated carbocycles. The average Bonchev–Trinajstić information content (AvgIpc) is 3.45. The van der Waals surface area contributed by atoms with Gasteiger partial charge in [-0.3, -0.25) is 0 Å². The Morgan fingerprint density at radius 1 is 0.489 bits per heavy atom. The molecule has 7 aromatic rings. The van der Waals surface area contributed by atoms with Crippen molar-refractivity contribution in [3.05, 3.63) is 146 Å². The molecule has 0 aliphatic heterocycles. The molecule has 6 aromatic carbocycles. The summed E-state index contributed by atoms with van der Waals surface area (Å²) in [7, 11) is 6.02. The highest BCUT2D eigenvalue weighted by atomic mass is 16.3. The van der Waals surface area contributed by atoms with Gasteiger partial charge in [0.15, 0.2) is 0 Å². The van der Waals surface area contributed by atoms with Crippen molar-refractivity contribution in [2.45, 2.75) is 38.9 Å². The molecule has 0 fully saturated rings. The molecule has 0 saturated heterocycles. The molecular formula is C42H38BNO3. The molecule has 47 heavy (non-hydrogen) atoms. The Balaban J connectivity index is 0.000000431. The van der Waals surface area contributed by atoms with E-state index in [0.29, 0.717) is 0 Å². The molecule has 0 bridgehead atoms. The van der Waals surface area contributed by atoms with E-state index in [2.05, 4.69) is 120 Å². The summed E-state index contributed by atoms with van der Waals surface area (Å²) >= 11 is 0. The van der Waals surface area contributed by atoms with Gasteiger partial charge in [0, 0.05) is 33.4 Å². The maximum Gasteiger partial charge on any atom is 0.143 e. The van der Waals surface area contributed by atoms with Crippen LogP contribution in [0.4, 0.5) is 17.1 Å². The predicted octanol–water partition coefficient (Wildman–Crippen LogP) is 9.71. The van der Waals surface area contributed by atoms with E-state index in [4.69, 9.17) is 22.5 Å². The summed E-state index contributed by atoms with van der Waals surface area (Å²) in [6.45, 7) is 6.31. The van der Waals surface area contributed by atoms with Crippen LogP contribution in [0.1, 0.15) is 27.7 Å². The number of hydrogen-bond acceptors (Lipinski definition) is 4. The van der Waals surface area contributed by atoms with Crippen molar-refractivity contribution in [1.82, 2.24) is 0 Å². The number of benzene rings is 6. The van der Waals surface area contributed by atoms with Crippen LogP contribution in [0.25, 0.3) is 44.2 Å². The molecule has 0 spiro atoms. The van der Waals surface area contributed by atoms with Gasteiger partial charge in [-0.2, -0.15) is 0 Å². The van der Waals surface area contributed by atoms with Gasteiger partial charge in [0.2, 0.25) is 0 Å². The summed E-state index contributed by atoms with van der Waals surface area (Å²) in [5, 5.41) is 20.5. The zero-order chi connectivity index (χ0) is 33.2. The zero-order valence-electron chi connectivity index (χ0n) is 27.2. The van der Waals surface area contributed by atoms with Crippen LogP contribution in [0, 0.1) is 0 Å². The lowest BCUT2D eigenvalue weighted by atomic mass is 9.90. The number of furan rings is 1. The number of fused-ring (bicyclic) bond motifs is 3. The third-order valence-corrected chi connectivity index (χ3v) is 8.72. The van der Waals surface area contributed by atoms with Crippen LogP contribution >= 0.6 is 0 Å². The van der Waals surface area contributed by atoms with E-state index in [0.717, 1.165) is 55.6 Å². The van der Waals surface area contributed by atoms with Gasteiger partial charge in [0.1, 0.15) is 19.0 Å². The van der Waals surface area contributed by atoms with Crippen molar-refractivity contribution in [3.8, 4) is 22.3 Å².